The van der Waals surface area contributed by atoms with Gasteiger partial charge in [-0.3, -0.25) is 9.78 Å². The van der Waals surface area contributed by atoms with E-state index in [2.05, 4.69) is 9.55 Å². The van der Waals surface area contributed by atoms with Gasteiger partial charge in [-0.1, -0.05) is 0 Å². The first-order chi connectivity index (χ1) is 15.5. The van der Waals surface area contributed by atoms with E-state index in [4.69, 9.17) is 15.5 Å². The molecule has 0 bridgehead atoms. The molecule has 0 radical (unpaired) electrons. The Hall–Kier alpha value is -3.32. The first-order valence-electron chi connectivity index (χ1n) is 10.9. The van der Waals surface area contributed by atoms with Gasteiger partial charge in [-0.05, 0) is 79.6 Å². The maximum Gasteiger partial charge on any atom is 0.248 e. The number of amides is 1. The van der Waals surface area contributed by atoms with Crippen LogP contribution in [0.1, 0.15) is 59.3 Å². The Morgan fingerprint density at radius 3 is 2.62 bits per heavy atom. The van der Waals surface area contributed by atoms with Crippen molar-refractivity contribution >= 4 is 27.8 Å². The summed E-state index contributed by atoms with van der Waals surface area (Å²) < 4.78 is 21.4. The second-order valence-corrected chi connectivity index (χ2v) is 8.49. The van der Waals surface area contributed by atoms with Gasteiger partial charge in [0.25, 0.3) is 0 Å². The zero-order chi connectivity index (χ0) is 22.2. The first kappa shape index (κ1) is 20.6. The maximum absolute atomic E-state index is 13.9. The topological polar surface area (TPSA) is 83.0 Å². The molecule has 0 aliphatic heterocycles. The normalized spacial score (nSPS) is 18.9. The van der Waals surface area contributed by atoms with Crippen LogP contribution in [0.15, 0.2) is 48.7 Å². The Morgan fingerprint density at radius 2 is 1.88 bits per heavy atom. The quantitative estimate of drug-likeness (QED) is 0.488. The highest BCUT2D eigenvalue weighted by molar-refractivity contribution is 5.96. The fourth-order valence-electron chi connectivity index (χ4n) is 5.04. The summed E-state index contributed by atoms with van der Waals surface area (Å²) in [5.41, 5.74) is 9.59. The van der Waals surface area contributed by atoms with Crippen LogP contribution in [-0.2, 0) is 11.5 Å². The average Bonchev–Trinajstić information content (AvgIpc) is 3.16. The molecule has 0 spiro atoms. The van der Waals surface area contributed by atoms with Crippen molar-refractivity contribution in [2.24, 2.45) is 5.73 Å². The van der Waals surface area contributed by atoms with Crippen LogP contribution in [0.4, 0.5) is 4.39 Å². The number of aromatic nitrogens is 3. The number of primary amides is 1. The van der Waals surface area contributed by atoms with E-state index in [1.165, 1.54) is 11.6 Å². The number of hydrogen-bond acceptors (Lipinski definition) is 4. The van der Waals surface area contributed by atoms with Crippen molar-refractivity contribution in [3.05, 3.63) is 71.4 Å². The van der Waals surface area contributed by atoms with Crippen LogP contribution in [-0.4, -0.2) is 27.6 Å². The van der Waals surface area contributed by atoms with Crippen molar-refractivity contribution in [2.45, 2.75) is 44.2 Å². The monoisotopic (exact) mass is 432 g/mol. The summed E-state index contributed by atoms with van der Waals surface area (Å²) in [5.74, 6) is 0.934. The largest absolute Gasteiger partial charge is 0.366 e. The number of fused-ring (bicyclic) bond motifs is 2. The number of ether oxygens (including phenoxy) is 1. The molecule has 2 N–H and O–H groups in total. The minimum absolute atomic E-state index is 0.232. The molecule has 32 heavy (non-hydrogen) atoms. The molecular weight excluding hydrogens is 407 g/mol. The molecular formula is C25H25FN4O2. The van der Waals surface area contributed by atoms with Crippen LogP contribution in [0.5, 0.6) is 0 Å². The third-order valence-electron chi connectivity index (χ3n) is 6.59. The average molecular weight is 432 g/mol. The number of benzene rings is 2. The maximum atomic E-state index is 13.9. The smallest absolute Gasteiger partial charge is 0.248 e. The number of carbonyl (C=O) groups is 1. The van der Waals surface area contributed by atoms with Gasteiger partial charge in [-0.2, -0.15) is 0 Å². The van der Waals surface area contributed by atoms with Crippen molar-refractivity contribution in [2.75, 3.05) is 7.11 Å². The molecule has 6 nitrogen and oxygen atoms in total. The van der Waals surface area contributed by atoms with Crippen LogP contribution in [0.3, 0.4) is 0 Å². The molecule has 1 fully saturated rings. The number of halogens is 1. The number of carbonyl (C=O) groups excluding carboxylic acids is 1. The number of methoxy groups -OCH3 is 1. The number of hydrogen-bond donors (Lipinski definition) is 1. The van der Waals surface area contributed by atoms with E-state index >= 15 is 0 Å². The molecule has 2 aromatic heterocycles. The van der Waals surface area contributed by atoms with Gasteiger partial charge in [0.05, 0.1) is 16.6 Å². The zero-order valence-electron chi connectivity index (χ0n) is 17.9. The van der Waals surface area contributed by atoms with Crippen molar-refractivity contribution in [1.29, 1.82) is 0 Å². The highest BCUT2D eigenvalue weighted by Gasteiger charge is 2.28. The molecule has 1 saturated carbocycles. The predicted octanol–water partition coefficient (Wildman–Crippen LogP) is 4.87. The fraction of sp³-hybridized carbons (Fsp3) is 0.320. The van der Waals surface area contributed by atoms with E-state index in [1.807, 2.05) is 18.3 Å². The highest BCUT2D eigenvalue weighted by atomic mass is 19.1. The number of nitrogens with two attached hydrogens (primary N) is 1. The van der Waals surface area contributed by atoms with Crippen LogP contribution in [0, 0.1) is 5.82 Å². The molecule has 1 aliphatic carbocycles. The van der Waals surface area contributed by atoms with Gasteiger partial charge in [-0.15, -0.1) is 0 Å². The van der Waals surface area contributed by atoms with Gasteiger partial charge in [0.1, 0.15) is 18.4 Å². The second kappa shape index (κ2) is 8.31. The Morgan fingerprint density at radius 1 is 1.09 bits per heavy atom. The zero-order valence-corrected chi connectivity index (χ0v) is 17.9. The van der Waals surface area contributed by atoms with Gasteiger partial charge in [-0.25, -0.2) is 9.37 Å². The van der Waals surface area contributed by atoms with E-state index in [0.29, 0.717) is 18.2 Å². The van der Waals surface area contributed by atoms with E-state index in [9.17, 15) is 9.18 Å². The van der Waals surface area contributed by atoms with Crippen molar-refractivity contribution in [3.63, 3.8) is 0 Å². The van der Waals surface area contributed by atoms with Crippen LogP contribution in [0.2, 0.25) is 0 Å². The highest BCUT2D eigenvalue weighted by Crippen LogP contribution is 2.42. The van der Waals surface area contributed by atoms with Crippen LogP contribution < -0.4 is 5.73 Å². The summed E-state index contributed by atoms with van der Waals surface area (Å²) in [6.45, 7) is 0.399. The minimum Gasteiger partial charge on any atom is -0.366 e. The SMILES string of the molecule is COCn1c(C2CCC(c3ccnc4ccc(F)cc34)CC2)nc2cc(C(N)=O)ccc21. The number of rotatable bonds is 5. The molecule has 1 amide bonds. The summed E-state index contributed by atoms with van der Waals surface area (Å²) in [6, 6.07) is 12.2. The number of pyridine rings is 1. The molecule has 164 valence electrons. The predicted molar refractivity (Wildman–Crippen MR) is 121 cm³/mol. The number of imidazole rings is 1. The van der Waals surface area contributed by atoms with Gasteiger partial charge >= 0.3 is 0 Å². The van der Waals surface area contributed by atoms with Crippen molar-refractivity contribution < 1.29 is 13.9 Å². The van der Waals surface area contributed by atoms with Gasteiger partial charge in [0.15, 0.2) is 0 Å². The molecule has 0 saturated heterocycles. The standard InChI is InChI=1S/C25H25FN4O2/c1-32-14-30-23-9-6-17(24(27)31)12-22(23)29-25(30)16-4-2-15(3-5-16)19-10-11-28-21-8-7-18(26)13-20(19)21/h6-13,15-16H,2-5,14H2,1H3,(H2,27,31). The van der Waals surface area contributed by atoms with Gasteiger partial charge in [0.2, 0.25) is 5.91 Å². The second-order valence-electron chi connectivity index (χ2n) is 8.49. The van der Waals surface area contributed by atoms with Crippen LogP contribution >= 0.6 is 0 Å². The lowest BCUT2D eigenvalue weighted by Crippen LogP contribution is -2.17. The Balaban J connectivity index is 1.43. The molecule has 0 atom stereocenters. The lowest BCUT2D eigenvalue weighted by molar-refractivity contribution is 0.100. The summed E-state index contributed by atoms with van der Waals surface area (Å²) in [7, 11) is 1.66. The Kier molecular flexibility index (Phi) is 5.35. The fourth-order valence-corrected chi connectivity index (χ4v) is 5.04. The van der Waals surface area contributed by atoms with Crippen molar-refractivity contribution in [3.8, 4) is 0 Å². The summed E-state index contributed by atoms with van der Waals surface area (Å²) in [6.07, 6.45) is 5.74. The molecule has 0 unspecified atom stereocenters. The molecule has 5 rings (SSSR count). The van der Waals surface area contributed by atoms with E-state index < -0.39 is 5.91 Å². The first-order valence-corrected chi connectivity index (χ1v) is 10.9. The Bertz CT molecular complexity index is 1310. The summed E-state index contributed by atoms with van der Waals surface area (Å²) in [5, 5.41) is 0.904. The summed E-state index contributed by atoms with van der Waals surface area (Å²) >= 11 is 0. The third-order valence-corrected chi connectivity index (χ3v) is 6.59. The van der Waals surface area contributed by atoms with Crippen LogP contribution in [0.25, 0.3) is 21.9 Å². The lowest BCUT2D eigenvalue weighted by atomic mass is 9.77. The third kappa shape index (κ3) is 3.62. The summed E-state index contributed by atoms with van der Waals surface area (Å²) in [4.78, 5) is 20.8. The Labute approximate surface area is 185 Å². The number of nitrogens with zero attached hydrogens (tertiary/aromatic N) is 3. The van der Waals surface area contributed by atoms with Crippen molar-refractivity contribution in [1.82, 2.24) is 14.5 Å². The lowest BCUT2D eigenvalue weighted by Gasteiger charge is -2.29. The van der Waals surface area contributed by atoms with E-state index in [0.717, 1.165) is 53.4 Å². The molecule has 4 aromatic rings. The molecule has 2 aromatic carbocycles. The van der Waals surface area contributed by atoms with E-state index in [1.54, 1.807) is 31.4 Å². The molecule has 2 heterocycles. The molecule has 7 heteroatoms. The molecule has 1 aliphatic rings. The van der Waals surface area contributed by atoms with E-state index in [-0.39, 0.29) is 11.7 Å². The van der Waals surface area contributed by atoms with Gasteiger partial charge in [0, 0.05) is 30.2 Å². The minimum atomic E-state index is -0.462. The van der Waals surface area contributed by atoms with Gasteiger partial charge < -0.3 is 15.0 Å².